The van der Waals surface area contributed by atoms with E-state index in [0.29, 0.717) is 19.6 Å². The lowest BCUT2D eigenvalue weighted by Gasteiger charge is -2.26. The summed E-state index contributed by atoms with van der Waals surface area (Å²) in [4.78, 5) is 47.6. The van der Waals surface area contributed by atoms with Crippen molar-refractivity contribution in [2.24, 2.45) is 11.5 Å². The van der Waals surface area contributed by atoms with Crippen LogP contribution in [0, 0.1) is 20.2 Å². The normalized spacial score (nSPS) is 13.5. The van der Waals surface area contributed by atoms with Crippen LogP contribution in [0.3, 0.4) is 0 Å². The summed E-state index contributed by atoms with van der Waals surface area (Å²) in [6.07, 6.45) is 3.91. The molecular weight excluding hydrogens is 554 g/mol. The summed E-state index contributed by atoms with van der Waals surface area (Å²) in [5, 5.41) is 29.2. The van der Waals surface area contributed by atoms with Crippen LogP contribution in [0.5, 0.6) is 11.5 Å². The van der Waals surface area contributed by atoms with E-state index < -0.39 is 27.3 Å². The molecule has 1 fully saturated rings. The summed E-state index contributed by atoms with van der Waals surface area (Å²) in [6, 6.07) is 4.78. The third-order valence-corrected chi connectivity index (χ3v) is 6.29. The van der Waals surface area contributed by atoms with Gasteiger partial charge in [0.2, 0.25) is 11.8 Å². The predicted molar refractivity (Wildman–Crippen MR) is 153 cm³/mol. The van der Waals surface area contributed by atoms with Gasteiger partial charge in [-0.05, 0) is 18.6 Å². The van der Waals surface area contributed by atoms with Crippen LogP contribution in [-0.4, -0.2) is 86.2 Å². The molecule has 0 atom stereocenters. The summed E-state index contributed by atoms with van der Waals surface area (Å²) >= 11 is 0. The monoisotopic (exact) mass is 587 g/mol. The van der Waals surface area contributed by atoms with Crippen molar-refractivity contribution in [2.45, 2.75) is 6.42 Å². The molecule has 0 unspecified atom stereocenters. The highest BCUT2D eigenvalue weighted by molar-refractivity contribution is 5.96. The van der Waals surface area contributed by atoms with E-state index in [1.54, 1.807) is 12.2 Å². The number of anilines is 2. The maximum Gasteiger partial charge on any atom is 0.296 e. The van der Waals surface area contributed by atoms with Gasteiger partial charge in [-0.2, -0.15) is 0 Å². The molecule has 0 bridgehead atoms. The second-order valence-corrected chi connectivity index (χ2v) is 9.07. The highest BCUT2D eigenvalue weighted by atomic mass is 16.6. The molecule has 0 radical (unpaired) electrons. The van der Waals surface area contributed by atoms with Gasteiger partial charge in [0.05, 0.1) is 36.8 Å². The predicted octanol–water partition coefficient (Wildman–Crippen LogP) is 1.89. The Hall–Kier alpha value is -4.96. The molecule has 2 aromatic rings. The Kier molecular flexibility index (Phi) is 11.4. The van der Waals surface area contributed by atoms with Gasteiger partial charge in [-0.3, -0.25) is 34.7 Å². The van der Waals surface area contributed by atoms with Crippen molar-refractivity contribution >= 4 is 34.6 Å². The summed E-state index contributed by atoms with van der Waals surface area (Å²) in [6.45, 7) is 4.19. The first-order chi connectivity index (χ1) is 20.1. The number of carbonyl (C=O) groups is 2. The Morgan fingerprint density at radius 2 is 1.43 bits per heavy atom. The van der Waals surface area contributed by atoms with Gasteiger partial charge >= 0.3 is 0 Å². The first kappa shape index (κ1) is 31.6. The molecule has 16 heteroatoms. The molecule has 1 aliphatic heterocycles. The van der Waals surface area contributed by atoms with E-state index in [1.807, 2.05) is 0 Å². The number of primary amides is 2. The summed E-state index contributed by atoms with van der Waals surface area (Å²) < 4.78 is 16.4. The molecular formula is C26H33N7O9. The number of nitro benzene ring substituents is 2. The fourth-order valence-electron chi connectivity index (χ4n) is 4.19. The zero-order valence-corrected chi connectivity index (χ0v) is 23.0. The molecule has 3 rings (SSSR count). The van der Waals surface area contributed by atoms with Crippen LogP contribution in [0.4, 0.5) is 22.7 Å². The quantitative estimate of drug-likeness (QED) is 0.0955. The van der Waals surface area contributed by atoms with Crippen molar-refractivity contribution < 1.29 is 33.6 Å². The van der Waals surface area contributed by atoms with Crippen LogP contribution in [-0.2, 0) is 4.74 Å². The highest BCUT2D eigenvalue weighted by Crippen LogP contribution is 2.37. The molecule has 2 aromatic carbocycles. The van der Waals surface area contributed by atoms with Crippen molar-refractivity contribution in [2.75, 3.05) is 70.3 Å². The van der Waals surface area contributed by atoms with E-state index in [0.717, 1.165) is 31.8 Å². The van der Waals surface area contributed by atoms with Crippen molar-refractivity contribution in [3.63, 3.8) is 0 Å². The van der Waals surface area contributed by atoms with E-state index in [4.69, 9.17) is 25.7 Å². The van der Waals surface area contributed by atoms with Gasteiger partial charge in [0.25, 0.3) is 11.4 Å². The molecule has 1 heterocycles. The van der Waals surface area contributed by atoms with E-state index in [-0.39, 0.29) is 59.4 Å². The maximum atomic E-state index is 11.8. The lowest BCUT2D eigenvalue weighted by Crippen LogP contribution is -2.37. The van der Waals surface area contributed by atoms with Gasteiger partial charge in [-0.15, -0.1) is 0 Å². The molecule has 6 N–H and O–H groups in total. The average Bonchev–Trinajstić information content (AvgIpc) is 2.97. The standard InChI is InChI=1S/C26H33N7O9/c1-40-21-15-17(25(27)34)13-19(32(36)37)23(21)29-5-2-3-6-30-24-20(33(38)39)14-18(26(28)35)16-22(24)42-10-4-7-31-8-11-41-12-9-31/h2-3,13-16,29-30H,4-12H2,1H3,(H2,27,34)(H2,28,35)/b3-2+. The number of amides is 2. The number of carbonyl (C=O) groups excluding carboxylic acids is 2. The second-order valence-electron chi connectivity index (χ2n) is 9.07. The molecule has 1 aliphatic rings. The van der Waals surface area contributed by atoms with Crippen LogP contribution in [0.1, 0.15) is 27.1 Å². The summed E-state index contributed by atoms with van der Waals surface area (Å²) in [5.74, 6) is -1.50. The maximum absolute atomic E-state index is 11.8. The molecule has 42 heavy (non-hydrogen) atoms. The first-order valence-corrected chi connectivity index (χ1v) is 13.0. The lowest BCUT2D eigenvalue weighted by atomic mass is 10.1. The van der Waals surface area contributed by atoms with Gasteiger partial charge in [0, 0.05) is 56.0 Å². The zero-order valence-electron chi connectivity index (χ0n) is 23.0. The summed E-state index contributed by atoms with van der Waals surface area (Å²) in [5.41, 5.74) is 9.85. The molecule has 0 aliphatic carbocycles. The first-order valence-electron chi connectivity index (χ1n) is 13.0. The van der Waals surface area contributed by atoms with Crippen LogP contribution in [0.2, 0.25) is 0 Å². The molecule has 0 aromatic heterocycles. The minimum Gasteiger partial charge on any atom is -0.494 e. The van der Waals surface area contributed by atoms with Crippen LogP contribution < -0.4 is 31.6 Å². The van der Waals surface area contributed by atoms with E-state index in [2.05, 4.69) is 15.5 Å². The van der Waals surface area contributed by atoms with Crippen molar-refractivity contribution in [1.82, 2.24) is 4.90 Å². The molecule has 0 saturated carbocycles. The average molecular weight is 588 g/mol. The topological polar surface area (TPSA) is 227 Å². The van der Waals surface area contributed by atoms with Crippen molar-refractivity contribution in [3.05, 3.63) is 67.8 Å². The number of ether oxygens (including phenoxy) is 3. The second kappa shape index (κ2) is 15.2. The molecule has 226 valence electrons. The zero-order chi connectivity index (χ0) is 30.6. The molecule has 2 amide bonds. The molecule has 1 saturated heterocycles. The smallest absolute Gasteiger partial charge is 0.296 e. The number of rotatable bonds is 16. The van der Waals surface area contributed by atoms with Crippen LogP contribution in [0.25, 0.3) is 0 Å². The Bertz CT molecular complexity index is 1340. The number of methoxy groups -OCH3 is 1. The number of morpholine rings is 1. The Balaban J connectivity index is 1.69. The largest absolute Gasteiger partial charge is 0.494 e. The molecule has 0 spiro atoms. The van der Waals surface area contributed by atoms with E-state index in [1.165, 1.54) is 19.2 Å². The SMILES string of the molecule is COc1cc(C(N)=O)cc([N+](=O)[O-])c1NC/C=C/CNc1c(OCCCN2CCOCC2)cc(C(N)=O)cc1[N+](=O)[O-]. The van der Waals surface area contributed by atoms with E-state index >= 15 is 0 Å². The third kappa shape index (κ3) is 8.52. The van der Waals surface area contributed by atoms with Gasteiger partial charge in [0.1, 0.15) is 11.5 Å². The van der Waals surface area contributed by atoms with Crippen LogP contribution in [0.15, 0.2) is 36.4 Å². The number of hydrogen-bond donors (Lipinski definition) is 4. The number of benzene rings is 2. The lowest BCUT2D eigenvalue weighted by molar-refractivity contribution is -0.384. The summed E-state index contributed by atoms with van der Waals surface area (Å²) in [7, 11) is 1.30. The number of nitro groups is 2. The van der Waals surface area contributed by atoms with Crippen molar-refractivity contribution in [1.29, 1.82) is 0 Å². The van der Waals surface area contributed by atoms with Crippen LogP contribution >= 0.6 is 0 Å². The van der Waals surface area contributed by atoms with E-state index in [9.17, 15) is 29.8 Å². The molecule has 16 nitrogen and oxygen atoms in total. The minimum atomic E-state index is -0.840. The van der Waals surface area contributed by atoms with Gasteiger partial charge in [0.15, 0.2) is 11.4 Å². The number of nitrogens with two attached hydrogens (primary N) is 2. The van der Waals surface area contributed by atoms with Gasteiger partial charge < -0.3 is 36.3 Å². The minimum absolute atomic E-state index is 0.0514. The fraction of sp³-hybridized carbons (Fsp3) is 0.385. The number of hydrogen-bond acceptors (Lipinski definition) is 12. The highest BCUT2D eigenvalue weighted by Gasteiger charge is 2.23. The number of nitrogens with zero attached hydrogens (tertiary/aromatic N) is 3. The van der Waals surface area contributed by atoms with Crippen molar-refractivity contribution in [3.8, 4) is 11.5 Å². The Labute approximate surface area is 240 Å². The Morgan fingerprint density at radius 1 is 0.929 bits per heavy atom. The number of nitrogens with one attached hydrogen (secondary N) is 2. The van der Waals surface area contributed by atoms with Gasteiger partial charge in [-0.1, -0.05) is 12.2 Å². The fourth-order valence-corrected chi connectivity index (χ4v) is 4.19. The third-order valence-electron chi connectivity index (χ3n) is 6.29. The Morgan fingerprint density at radius 3 is 1.90 bits per heavy atom. The van der Waals surface area contributed by atoms with Gasteiger partial charge in [-0.25, -0.2) is 0 Å².